The van der Waals surface area contributed by atoms with Gasteiger partial charge in [-0.15, -0.1) is 0 Å². The molecule has 1 amide bonds. The smallest absolute Gasteiger partial charge is 0.293 e. The molecule has 76 valence electrons. The highest BCUT2D eigenvalue weighted by Gasteiger charge is 2.08. The molecule has 0 spiro atoms. The lowest BCUT2D eigenvalue weighted by Gasteiger charge is -1.97. The molecule has 0 saturated carbocycles. The van der Waals surface area contributed by atoms with E-state index in [1.807, 2.05) is 5.92 Å². The number of carbonyl (C=O) groups is 2. The molecule has 0 fully saturated rings. The zero-order chi connectivity index (χ0) is 11.4. The third-order valence-corrected chi connectivity index (χ3v) is 1.53. The normalized spacial score (nSPS) is 8.93. The Morgan fingerprint density at radius 3 is 2.27 bits per heavy atom. The summed E-state index contributed by atoms with van der Waals surface area (Å²) in [7, 11) is 0. The first-order valence-electron chi connectivity index (χ1n) is 3.80. The minimum atomic E-state index is -1.03. The Morgan fingerprint density at radius 1 is 1.33 bits per heavy atom. The summed E-state index contributed by atoms with van der Waals surface area (Å²) < 4.78 is 26.0. The quantitative estimate of drug-likeness (QED) is 0.544. The van der Waals surface area contributed by atoms with Gasteiger partial charge in [-0.3, -0.25) is 9.59 Å². The first-order valence-corrected chi connectivity index (χ1v) is 3.80. The van der Waals surface area contributed by atoms with E-state index in [1.54, 1.807) is 0 Å². The molecular formula is C10H5F2NO2. The maximum absolute atomic E-state index is 13.0. The Balaban J connectivity index is 3.22. The van der Waals surface area contributed by atoms with Crippen molar-refractivity contribution in [3.8, 4) is 11.8 Å². The second-order valence-electron chi connectivity index (χ2n) is 2.59. The highest BCUT2D eigenvalue weighted by molar-refractivity contribution is 5.92. The van der Waals surface area contributed by atoms with Crippen LogP contribution in [0, 0.1) is 23.5 Å². The molecule has 0 unspecified atom stereocenters. The predicted octanol–water partition coefficient (Wildman–Crippen LogP) is 0.614. The van der Waals surface area contributed by atoms with Crippen molar-refractivity contribution in [1.29, 1.82) is 0 Å². The molecule has 1 aromatic carbocycles. The molecular weight excluding hydrogens is 204 g/mol. The number of amides is 1. The van der Waals surface area contributed by atoms with E-state index in [9.17, 15) is 18.4 Å². The highest BCUT2D eigenvalue weighted by Crippen LogP contribution is 2.12. The molecule has 1 rings (SSSR count). The van der Waals surface area contributed by atoms with Crippen molar-refractivity contribution < 1.29 is 18.4 Å². The van der Waals surface area contributed by atoms with Crippen LogP contribution in [0.25, 0.3) is 0 Å². The van der Waals surface area contributed by atoms with Gasteiger partial charge >= 0.3 is 0 Å². The van der Waals surface area contributed by atoms with Crippen molar-refractivity contribution in [3.05, 3.63) is 34.9 Å². The number of nitrogens with two attached hydrogens (primary N) is 1. The molecule has 0 aliphatic rings. The Labute approximate surface area is 83.9 Å². The summed E-state index contributed by atoms with van der Waals surface area (Å²) in [6.07, 6.45) is 0.0654. The molecule has 0 radical (unpaired) electrons. The van der Waals surface area contributed by atoms with E-state index in [1.165, 1.54) is 0 Å². The van der Waals surface area contributed by atoms with Crippen LogP contribution in [0.1, 0.15) is 15.9 Å². The van der Waals surface area contributed by atoms with Gasteiger partial charge in [0, 0.05) is 5.56 Å². The molecule has 5 heteroatoms. The van der Waals surface area contributed by atoms with Gasteiger partial charge in [0.2, 0.25) is 0 Å². The molecule has 0 aliphatic heterocycles. The van der Waals surface area contributed by atoms with Gasteiger partial charge in [0.25, 0.3) is 5.91 Å². The number of rotatable bonds is 1. The van der Waals surface area contributed by atoms with Crippen molar-refractivity contribution in [1.82, 2.24) is 0 Å². The topological polar surface area (TPSA) is 60.2 Å². The lowest BCUT2D eigenvalue weighted by molar-refractivity contribution is -0.112. The average molecular weight is 209 g/mol. The highest BCUT2D eigenvalue weighted by atomic mass is 19.1. The second-order valence-corrected chi connectivity index (χ2v) is 2.59. The molecule has 0 aliphatic carbocycles. The van der Waals surface area contributed by atoms with E-state index in [0.29, 0.717) is 0 Å². The number of primary amides is 1. The van der Waals surface area contributed by atoms with Crippen LogP contribution in [0.3, 0.4) is 0 Å². The second kappa shape index (κ2) is 4.33. The van der Waals surface area contributed by atoms with Crippen LogP contribution in [-0.2, 0) is 4.79 Å². The Kier molecular flexibility index (Phi) is 3.13. The van der Waals surface area contributed by atoms with E-state index in [0.717, 1.165) is 12.1 Å². The molecule has 2 N–H and O–H groups in total. The summed E-state index contributed by atoms with van der Waals surface area (Å²) in [6.45, 7) is 0. The van der Waals surface area contributed by atoms with Crippen molar-refractivity contribution in [3.63, 3.8) is 0 Å². The largest absolute Gasteiger partial charge is 0.359 e. The predicted molar refractivity (Wildman–Crippen MR) is 47.8 cm³/mol. The summed E-state index contributed by atoms with van der Waals surface area (Å²) in [6, 6.07) is 1.70. The van der Waals surface area contributed by atoms with Crippen molar-refractivity contribution in [2.75, 3.05) is 0 Å². The van der Waals surface area contributed by atoms with Gasteiger partial charge in [0.15, 0.2) is 6.29 Å². The van der Waals surface area contributed by atoms with E-state index < -0.39 is 23.1 Å². The van der Waals surface area contributed by atoms with E-state index in [4.69, 9.17) is 5.73 Å². The van der Waals surface area contributed by atoms with Gasteiger partial charge in [0.05, 0.1) is 5.56 Å². The van der Waals surface area contributed by atoms with Crippen LogP contribution in [0.2, 0.25) is 0 Å². The van der Waals surface area contributed by atoms with Gasteiger partial charge in [-0.25, -0.2) is 8.78 Å². The first-order chi connectivity index (χ1) is 7.04. The third-order valence-electron chi connectivity index (χ3n) is 1.53. The zero-order valence-corrected chi connectivity index (χ0v) is 7.38. The van der Waals surface area contributed by atoms with Crippen LogP contribution < -0.4 is 5.73 Å². The number of halogens is 2. The van der Waals surface area contributed by atoms with Crippen LogP contribution in [0.5, 0.6) is 0 Å². The van der Waals surface area contributed by atoms with Gasteiger partial charge in [-0.1, -0.05) is 5.92 Å². The monoisotopic (exact) mass is 209 g/mol. The van der Waals surface area contributed by atoms with Gasteiger partial charge in [-0.2, -0.15) is 0 Å². The van der Waals surface area contributed by atoms with E-state index >= 15 is 0 Å². The van der Waals surface area contributed by atoms with E-state index in [2.05, 4.69) is 5.92 Å². The summed E-state index contributed by atoms with van der Waals surface area (Å²) in [5.41, 5.74) is 3.99. The molecule has 0 aromatic heterocycles. The summed E-state index contributed by atoms with van der Waals surface area (Å²) in [5, 5.41) is 0. The van der Waals surface area contributed by atoms with Gasteiger partial charge in [-0.05, 0) is 18.1 Å². The zero-order valence-electron chi connectivity index (χ0n) is 7.38. The minimum Gasteiger partial charge on any atom is -0.359 e. The lowest BCUT2D eigenvalue weighted by atomic mass is 10.1. The lowest BCUT2D eigenvalue weighted by Crippen LogP contribution is -2.06. The number of hydrogen-bond acceptors (Lipinski definition) is 2. The van der Waals surface area contributed by atoms with Gasteiger partial charge in [0.1, 0.15) is 11.6 Å². The molecule has 1 aromatic rings. The molecule has 15 heavy (non-hydrogen) atoms. The van der Waals surface area contributed by atoms with Crippen molar-refractivity contribution >= 4 is 12.2 Å². The van der Waals surface area contributed by atoms with Crippen LogP contribution in [0.15, 0.2) is 12.1 Å². The molecule has 3 nitrogen and oxygen atoms in total. The Bertz CT molecular complexity index is 463. The fourth-order valence-electron chi connectivity index (χ4n) is 0.903. The van der Waals surface area contributed by atoms with Crippen molar-refractivity contribution in [2.45, 2.75) is 0 Å². The standard InChI is InChI=1S/C10H5F2NO2/c11-8-3-6(1-2-10(13)15)4-9(12)7(8)5-14/h3-5H,(H2,13,15). The third kappa shape index (κ3) is 2.61. The maximum atomic E-state index is 13.0. The van der Waals surface area contributed by atoms with Crippen molar-refractivity contribution in [2.24, 2.45) is 5.73 Å². The number of carbonyl (C=O) groups excluding carboxylic acids is 2. The fraction of sp³-hybridized carbons (Fsp3) is 0. The summed E-state index contributed by atoms with van der Waals surface area (Å²) in [5.74, 6) is 1.11. The first kappa shape index (κ1) is 10.9. The molecule has 0 atom stereocenters. The molecule has 0 heterocycles. The number of hydrogen-bond donors (Lipinski definition) is 1. The van der Waals surface area contributed by atoms with Gasteiger partial charge < -0.3 is 5.73 Å². The Morgan fingerprint density at radius 2 is 1.87 bits per heavy atom. The molecule has 0 bridgehead atoms. The maximum Gasteiger partial charge on any atom is 0.293 e. The number of benzene rings is 1. The fourth-order valence-corrected chi connectivity index (χ4v) is 0.903. The van der Waals surface area contributed by atoms with Crippen LogP contribution in [0.4, 0.5) is 8.78 Å². The average Bonchev–Trinajstić information content (AvgIpc) is 2.14. The molecule has 0 saturated heterocycles. The van der Waals surface area contributed by atoms with Crippen LogP contribution >= 0.6 is 0 Å². The summed E-state index contributed by atoms with van der Waals surface area (Å²) >= 11 is 0. The number of aldehydes is 1. The van der Waals surface area contributed by atoms with E-state index in [-0.39, 0.29) is 11.8 Å². The summed E-state index contributed by atoms with van der Waals surface area (Å²) in [4.78, 5) is 20.5. The Hall–Kier alpha value is -2.22. The SMILES string of the molecule is NC(=O)C#Cc1cc(F)c(C=O)c(F)c1. The van der Waals surface area contributed by atoms with Crippen LogP contribution in [-0.4, -0.2) is 12.2 Å². The minimum absolute atomic E-state index is 0.0607.